The summed E-state index contributed by atoms with van der Waals surface area (Å²) in [4.78, 5) is 0. The summed E-state index contributed by atoms with van der Waals surface area (Å²) < 4.78 is 13.7. The number of aliphatic hydroxyl groups is 1. The average Bonchev–Trinajstić information content (AvgIpc) is 2.02. The normalized spacial score (nSPS) is 11.8. The zero-order chi connectivity index (χ0) is 10.1. The van der Waals surface area contributed by atoms with Gasteiger partial charge in [-0.2, -0.15) is 0 Å². The van der Waals surface area contributed by atoms with Crippen molar-refractivity contribution >= 4 is 15.9 Å². The maximum atomic E-state index is 13.0. The van der Waals surface area contributed by atoms with Gasteiger partial charge >= 0.3 is 0 Å². The Labute approximate surface area is 85.7 Å². The summed E-state index contributed by atoms with van der Waals surface area (Å²) in [5.74, 6) is -0.286. The third kappa shape index (κ3) is 2.51. The zero-order valence-electron chi connectivity index (χ0n) is 7.64. The van der Waals surface area contributed by atoms with E-state index in [9.17, 15) is 4.39 Å². The Morgan fingerprint density at radius 3 is 2.46 bits per heavy atom. The predicted octanol–water partition coefficient (Wildman–Crippen LogP) is 2.86. The van der Waals surface area contributed by atoms with E-state index in [1.165, 1.54) is 12.1 Å². The van der Waals surface area contributed by atoms with Crippen LogP contribution in [0.2, 0.25) is 0 Å². The van der Waals surface area contributed by atoms with Gasteiger partial charge in [0.25, 0.3) is 0 Å². The van der Waals surface area contributed by atoms with Gasteiger partial charge in [-0.1, -0.05) is 29.8 Å². The molecule has 0 aliphatic heterocycles. The van der Waals surface area contributed by atoms with E-state index in [0.717, 1.165) is 5.56 Å². The molecule has 1 nitrogen and oxygen atoms in total. The second-order valence-corrected chi connectivity index (χ2v) is 4.62. The van der Waals surface area contributed by atoms with Crippen molar-refractivity contribution in [1.29, 1.82) is 0 Å². The minimum Gasteiger partial charge on any atom is -0.395 e. The molecule has 0 aliphatic rings. The SMILES string of the molecule is CC(C)(CO)c1cc(F)cc(Br)c1. The standard InChI is InChI=1S/C10H12BrFO/c1-10(2,6-13)7-3-8(11)5-9(12)4-7/h3-5,13H,6H2,1-2H3. The molecule has 72 valence electrons. The first-order chi connectivity index (χ1) is 5.95. The lowest BCUT2D eigenvalue weighted by Crippen LogP contribution is -2.22. The van der Waals surface area contributed by atoms with Crippen molar-refractivity contribution in [2.45, 2.75) is 19.3 Å². The molecule has 0 atom stereocenters. The summed E-state index contributed by atoms with van der Waals surface area (Å²) in [6.07, 6.45) is 0. The Balaban J connectivity index is 3.15. The fourth-order valence-electron chi connectivity index (χ4n) is 1.04. The van der Waals surface area contributed by atoms with Gasteiger partial charge in [-0.3, -0.25) is 0 Å². The molecule has 0 aliphatic carbocycles. The predicted molar refractivity (Wildman–Crippen MR) is 54.2 cm³/mol. The van der Waals surface area contributed by atoms with Crippen molar-refractivity contribution in [3.63, 3.8) is 0 Å². The molecule has 0 saturated carbocycles. The van der Waals surface area contributed by atoms with Crippen LogP contribution >= 0.6 is 15.9 Å². The van der Waals surface area contributed by atoms with E-state index < -0.39 is 5.41 Å². The summed E-state index contributed by atoms with van der Waals surface area (Å²) in [6.45, 7) is 3.74. The molecule has 1 aromatic rings. The Bertz CT molecular complexity index is 290. The van der Waals surface area contributed by atoms with E-state index in [2.05, 4.69) is 15.9 Å². The molecule has 1 rings (SSSR count). The van der Waals surface area contributed by atoms with Crippen LogP contribution in [0.1, 0.15) is 19.4 Å². The van der Waals surface area contributed by atoms with Crippen LogP contribution in [0.5, 0.6) is 0 Å². The van der Waals surface area contributed by atoms with E-state index in [-0.39, 0.29) is 12.4 Å². The van der Waals surface area contributed by atoms with Crippen molar-refractivity contribution in [1.82, 2.24) is 0 Å². The van der Waals surface area contributed by atoms with Gasteiger partial charge < -0.3 is 5.11 Å². The Kier molecular flexibility index (Phi) is 3.09. The molecule has 13 heavy (non-hydrogen) atoms. The minimum atomic E-state index is -0.398. The van der Waals surface area contributed by atoms with Crippen LogP contribution in [-0.4, -0.2) is 11.7 Å². The van der Waals surface area contributed by atoms with Gasteiger partial charge in [0.1, 0.15) is 5.82 Å². The number of halogens is 2. The van der Waals surface area contributed by atoms with Gasteiger partial charge in [0.15, 0.2) is 0 Å². The molecule has 0 fully saturated rings. The summed E-state index contributed by atoms with van der Waals surface area (Å²) in [5.41, 5.74) is 0.395. The highest BCUT2D eigenvalue weighted by molar-refractivity contribution is 9.10. The largest absolute Gasteiger partial charge is 0.395 e. The number of hydrogen-bond donors (Lipinski definition) is 1. The molecule has 0 aromatic heterocycles. The topological polar surface area (TPSA) is 20.2 Å². The third-order valence-corrected chi connectivity index (χ3v) is 2.50. The van der Waals surface area contributed by atoms with Gasteiger partial charge in [0, 0.05) is 9.89 Å². The Morgan fingerprint density at radius 1 is 1.38 bits per heavy atom. The monoisotopic (exact) mass is 246 g/mol. The Hall–Kier alpha value is -0.410. The minimum absolute atomic E-state index is 0.00287. The van der Waals surface area contributed by atoms with E-state index in [0.29, 0.717) is 4.47 Å². The van der Waals surface area contributed by atoms with E-state index >= 15 is 0 Å². The maximum Gasteiger partial charge on any atom is 0.124 e. The molecule has 0 heterocycles. The van der Waals surface area contributed by atoms with Crippen molar-refractivity contribution < 1.29 is 9.50 Å². The van der Waals surface area contributed by atoms with Crippen LogP contribution in [-0.2, 0) is 5.41 Å². The first-order valence-electron chi connectivity index (χ1n) is 4.03. The summed E-state index contributed by atoms with van der Waals surface area (Å²) in [5, 5.41) is 9.09. The highest BCUT2D eigenvalue weighted by Crippen LogP contribution is 2.26. The van der Waals surface area contributed by atoms with Crippen molar-refractivity contribution in [2.75, 3.05) is 6.61 Å². The van der Waals surface area contributed by atoms with Gasteiger partial charge in [0.05, 0.1) is 6.61 Å². The summed E-state index contributed by atoms with van der Waals surface area (Å²) in [6, 6.07) is 4.66. The lowest BCUT2D eigenvalue weighted by Gasteiger charge is -2.22. The first kappa shape index (κ1) is 10.7. The molecule has 0 unspecified atom stereocenters. The highest BCUT2D eigenvalue weighted by Gasteiger charge is 2.20. The molecular weight excluding hydrogens is 235 g/mol. The second-order valence-electron chi connectivity index (χ2n) is 3.70. The van der Waals surface area contributed by atoms with Crippen LogP contribution in [0, 0.1) is 5.82 Å². The fraction of sp³-hybridized carbons (Fsp3) is 0.400. The smallest absolute Gasteiger partial charge is 0.124 e. The molecule has 0 saturated heterocycles. The van der Waals surface area contributed by atoms with Crippen LogP contribution in [0.25, 0.3) is 0 Å². The van der Waals surface area contributed by atoms with Crippen molar-refractivity contribution in [3.8, 4) is 0 Å². The molecule has 0 radical (unpaired) electrons. The molecule has 3 heteroatoms. The highest BCUT2D eigenvalue weighted by atomic mass is 79.9. The lowest BCUT2D eigenvalue weighted by atomic mass is 9.86. The number of rotatable bonds is 2. The van der Waals surface area contributed by atoms with Crippen LogP contribution in [0.4, 0.5) is 4.39 Å². The number of benzene rings is 1. The number of aliphatic hydroxyl groups excluding tert-OH is 1. The second kappa shape index (κ2) is 3.76. The quantitative estimate of drug-likeness (QED) is 0.851. The van der Waals surface area contributed by atoms with Crippen molar-refractivity contribution in [3.05, 3.63) is 34.1 Å². The molecular formula is C10H12BrFO. The van der Waals surface area contributed by atoms with Crippen LogP contribution < -0.4 is 0 Å². The molecule has 1 aromatic carbocycles. The van der Waals surface area contributed by atoms with E-state index in [1.54, 1.807) is 0 Å². The van der Waals surface area contributed by atoms with Gasteiger partial charge in [0.2, 0.25) is 0 Å². The van der Waals surface area contributed by atoms with Gasteiger partial charge in [-0.15, -0.1) is 0 Å². The van der Waals surface area contributed by atoms with E-state index in [1.807, 2.05) is 19.9 Å². The summed E-state index contributed by atoms with van der Waals surface area (Å²) in [7, 11) is 0. The molecule has 0 bridgehead atoms. The fourth-order valence-corrected chi connectivity index (χ4v) is 1.50. The van der Waals surface area contributed by atoms with E-state index in [4.69, 9.17) is 5.11 Å². The molecule has 0 spiro atoms. The lowest BCUT2D eigenvalue weighted by molar-refractivity contribution is 0.218. The van der Waals surface area contributed by atoms with Gasteiger partial charge in [-0.05, 0) is 23.8 Å². The molecule has 1 N–H and O–H groups in total. The van der Waals surface area contributed by atoms with Crippen LogP contribution in [0.15, 0.2) is 22.7 Å². The van der Waals surface area contributed by atoms with Gasteiger partial charge in [-0.25, -0.2) is 4.39 Å². The van der Waals surface area contributed by atoms with Crippen molar-refractivity contribution in [2.24, 2.45) is 0 Å². The number of hydrogen-bond acceptors (Lipinski definition) is 1. The van der Waals surface area contributed by atoms with Crippen LogP contribution in [0.3, 0.4) is 0 Å². The zero-order valence-corrected chi connectivity index (χ0v) is 9.23. The summed E-state index contributed by atoms with van der Waals surface area (Å²) >= 11 is 3.21. The Morgan fingerprint density at radius 2 is 2.00 bits per heavy atom. The molecule has 0 amide bonds. The average molecular weight is 247 g/mol. The third-order valence-electron chi connectivity index (χ3n) is 2.04. The first-order valence-corrected chi connectivity index (χ1v) is 4.82. The maximum absolute atomic E-state index is 13.0.